The molecule has 1 fully saturated rings. The molecule has 1 saturated heterocycles. The number of hydrogen-bond donors (Lipinski definition) is 1. The van der Waals surface area contributed by atoms with Gasteiger partial charge in [0.25, 0.3) is 0 Å². The van der Waals surface area contributed by atoms with Crippen LogP contribution in [0.1, 0.15) is 5.56 Å². The molecular formula is C19H22Cl3N3O2. The van der Waals surface area contributed by atoms with Crippen molar-refractivity contribution in [2.45, 2.75) is 0 Å². The second kappa shape index (κ2) is 12.1. The van der Waals surface area contributed by atoms with Crippen molar-refractivity contribution in [2.24, 2.45) is 0 Å². The number of amidine groups is 1. The molecule has 0 amide bonds. The summed E-state index contributed by atoms with van der Waals surface area (Å²) in [7, 11) is 0. The first kappa shape index (κ1) is 21.8. The number of nitrogens with zero attached hydrogens (tertiary/aromatic N) is 2. The van der Waals surface area contributed by atoms with Crippen LogP contribution >= 0.6 is 35.3 Å². The molecule has 0 bridgehead atoms. The van der Waals surface area contributed by atoms with Gasteiger partial charge in [-0.2, -0.15) is 3.84 Å². The lowest BCUT2D eigenvalue weighted by Crippen LogP contribution is -2.49. The van der Waals surface area contributed by atoms with E-state index in [-0.39, 0.29) is 0 Å². The number of benzene rings is 2. The number of rotatable bonds is 5. The maximum Gasteiger partial charge on any atom is 0.128 e. The van der Waals surface area contributed by atoms with Gasteiger partial charge >= 0.3 is 0 Å². The molecule has 1 aliphatic rings. The molecule has 0 spiro atoms. The van der Waals surface area contributed by atoms with Crippen LogP contribution in [0.3, 0.4) is 0 Å². The Hall–Kier alpha value is -1.50. The highest BCUT2D eigenvalue weighted by Crippen LogP contribution is 2.13. The summed E-state index contributed by atoms with van der Waals surface area (Å²) in [6.45, 7) is 5.25. The van der Waals surface area contributed by atoms with Gasteiger partial charge in [-0.25, -0.2) is 0 Å². The van der Waals surface area contributed by atoms with Crippen LogP contribution in [-0.2, 0) is 3.84 Å². The fourth-order valence-electron chi connectivity index (χ4n) is 2.79. The van der Waals surface area contributed by atoms with Crippen molar-refractivity contribution in [2.75, 3.05) is 39.3 Å². The zero-order valence-electron chi connectivity index (χ0n) is 14.8. The van der Waals surface area contributed by atoms with Gasteiger partial charge in [-0.3, -0.25) is 10.3 Å². The van der Waals surface area contributed by atoms with Crippen LogP contribution in [-0.4, -0.2) is 55.0 Å². The number of hydrogen-bond acceptors (Lipinski definition) is 4. The normalized spacial score (nSPS) is 14.3. The third kappa shape index (κ3) is 7.56. The van der Waals surface area contributed by atoms with E-state index in [9.17, 15) is 0 Å². The minimum atomic E-state index is 0.576. The molecule has 146 valence electrons. The maximum absolute atomic E-state index is 8.35. The smallest absolute Gasteiger partial charge is 0.128 e. The summed E-state index contributed by atoms with van der Waals surface area (Å²) in [5.74, 6) is 1.49. The maximum atomic E-state index is 8.35. The van der Waals surface area contributed by atoms with E-state index in [2.05, 4.69) is 37.4 Å². The van der Waals surface area contributed by atoms with E-state index in [1.807, 2.05) is 54.6 Å². The summed E-state index contributed by atoms with van der Waals surface area (Å²) in [6, 6.07) is 17.4. The molecule has 0 aliphatic carbocycles. The molecule has 0 radical (unpaired) electrons. The largest absolute Gasteiger partial charge is 0.492 e. The standard InChI is InChI=1S/C19H22ClN3O.Cl2O/c20-17-8-6-16(7-9-17)19(21)23-12-10-22(11-13-23)14-15-24-18-4-2-1-3-5-18;1-3-2/h1-9,21H,10-15H2;. The summed E-state index contributed by atoms with van der Waals surface area (Å²) >= 11 is 14.4. The molecule has 1 N–H and O–H groups in total. The molecule has 0 aromatic heterocycles. The van der Waals surface area contributed by atoms with Crippen LogP contribution in [0.4, 0.5) is 0 Å². The molecule has 27 heavy (non-hydrogen) atoms. The Bertz CT molecular complexity index is 678. The van der Waals surface area contributed by atoms with Crippen molar-refractivity contribution >= 4 is 41.2 Å². The molecule has 3 rings (SSSR count). The van der Waals surface area contributed by atoms with Crippen molar-refractivity contribution in [1.82, 2.24) is 9.80 Å². The summed E-state index contributed by atoms with van der Waals surface area (Å²) < 4.78 is 8.95. The number of halogens is 3. The minimum Gasteiger partial charge on any atom is -0.492 e. The van der Waals surface area contributed by atoms with E-state index in [1.54, 1.807) is 0 Å². The van der Waals surface area contributed by atoms with Crippen LogP contribution in [0.25, 0.3) is 0 Å². The molecule has 1 aliphatic heterocycles. The first-order valence-corrected chi connectivity index (χ1v) is 9.52. The monoisotopic (exact) mass is 429 g/mol. The zero-order valence-corrected chi connectivity index (χ0v) is 17.1. The molecule has 2 aromatic carbocycles. The van der Waals surface area contributed by atoms with Crippen molar-refractivity contribution in [3.8, 4) is 5.75 Å². The predicted octanol–water partition coefficient (Wildman–Crippen LogP) is 4.67. The van der Waals surface area contributed by atoms with Crippen LogP contribution in [0.2, 0.25) is 5.02 Å². The summed E-state index contributed by atoms with van der Waals surface area (Å²) in [5.41, 5.74) is 0.917. The van der Waals surface area contributed by atoms with Gasteiger partial charge in [0.05, 0.1) is 23.7 Å². The Morgan fingerprint density at radius 1 is 0.926 bits per heavy atom. The van der Waals surface area contributed by atoms with Gasteiger partial charge in [-0.1, -0.05) is 29.8 Å². The average Bonchev–Trinajstić information content (AvgIpc) is 2.70. The van der Waals surface area contributed by atoms with Crippen molar-refractivity contribution in [3.05, 3.63) is 65.2 Å². The number of ether oxygens (including phenoxy) is 1. The van der Waals surface area contributed by atoms with E-state index in [0.29, 0.717) is 17.5 Å². The summed E-state index contributed by atoms with van der Waals surface area (Å²) in [6.07, 6.45) is 0. The van der Waals surface area contributed by atoms with E-state index in [0.717, 1.165) is 44.0 Å². The number of para-hydroxylation sites is 1. The van der Waals surface area contributed by atoms with E-state index < -0.39 is 0 Å². The van der Waals surface area contributed by atoms with Gasteiger partial charge in [-0.05, 0) is 36.4 Å². The number of nitrogens with one attached hydrogen (secondary N) is 1. The van der Waals surface area contributed by atoms with Gasteiger partial charge in [0.2, 0.25) is 0 Å². The lowest BCUT2D eigenvalue weighted by Gasteiger charge is -2.36. The summed E-state index contributed by atoms with van der Waals surface area (Å²) in [4.78, 5) is 4.51. The molecule has 2 aromatic rings. The van der Waals surface area contributed by atoms with Crippen LogP contribution in [0.15, 0.2) is 54.6 Å². The van der Waals surface area contributed by atoms with E-state index in [1.165, 1.54) is 0 Å². The van der Waals surface area contributed by atoms with Gasteiger partial charge in [-0.15, -0.1) is 0 Å². The Morgan fingerprint density at radius 2 is 1.52 bits per heavy atom. The topological polar surface area (TPSA) is 48.8 Å². The fraction of sp³-hybridized carbons (Fsp3) is 0.316. The van der Waals surface area contributed by atoms with Gasteiger partial charge in [0, 0.05) is 43.3 Å². The third-order valence-electron chi connectivity index (χ3n) is 4.23. The second-order valence-electron chi connectivity index (χ2n) is 5.90. The number of piperazine rings is 1. The van der Waals surface area contributed by atoms with E-state index in [4.69, 9.17) is 21.7 Å². The Balaban J connectivity index is 0.000000817. The second-order valence-corrected chi connectivity index (χ2v) is 6.81. The van der Waals surface area contributed by atoms with Gasteiger partial charge < -0.3 is 9.64 Å². The molecule has 5 nitrogen and oxygen atoms in total. The van der Waals surface area contributed by atoms with Crippen LogP contribution in [0.5, 0.6) is 5.75 Å². The molecule has 0 saturated carbocycles. The van der Waals surface area contributed by atoms with Crippen molar-refractivity contribution < 1.29 is 8.58 Å². The molecular weight excluding hydrogens is 409 g/mol. The quantitative estimate of drug-likeness (QED) is 0.553. The van der Waals surface area contributed by atoms with Crippen molar-refractivity contribution in [1.29, 1.82) is 5.41 Å². The van der Waals surface area contributed by atoms with Crippen LogP contribution < -0.4 is 4.74 Å². The minimum absolute atomic E-state index is 0.576. The lowest BCUT2D eigenvalue weighted by molar-refractivity contribution is 0.154. The zero-order chi connectivity index (χ0) is 19.5. The molecule has 0 atom stereocenters. The molecule has 0 unspecified atom stereocenters. The van der Waals surface area contributed by atoms with Crippen molar-refractivity contribution in [3.63, 3.8) is 0 Å². The first-order chi connectivity index (χ1) is 13.1. The molecule has 1 heterocycles. The highest BCUT2D eigenvalue weighted by atomic mass is 35.6. The highest BCUT2D eigenvalue weighted by molar-refractivity contribution is 6.30. The van der Waals surface area contributed by atoms with Crippen LogP contribution in [0, 0.1) is 5.41 Å². The van der Waals surface area contributed by atoms with Gasteiger partial charge in [0.1, 0.15) is 18.2 Å². The average molecular weight is 431 g/mol. The fourth-order valence-corrected chi connectivity index (χ4v) is 2.92. The Morgan fingerprint density at radius 3 is 2.11 bits per heavy atom. The third-order valence-corrected chi connectivity index (χ3v) is 4.48. The Labute approximate surface area is 175 Å². The SMILES string of the molecule is ClOCl.N=C(c1ccc(Cl)cc1)N1CCN(CCOc2ccccc2)CC1. The first-order valence-electron chi connectivity index (χ1n) is 8.53. The predicted molar refractivity (Wildman–Crippen MR) is 111 cm³/mol. The Kier molecular flexibility index (Phi) is 9.73. The van der Waals surface area contributed by atoms with E-state index >= 15 is 0 Å². The lowest BCUT2D eigenvalue weighted by atomic mass is 10.1. The molecule has 8 heteroatoms. The highest BCUT2D eigenvalue weighted by Gasteiger charge is 2.19. The summed E-state index contributed by atoms with van der Waals surface area (Å²) in [5, 5.41) is 9.05. The van der Waals surface area contributed by atoms with Gasteiger partial charge in [0.15, 0.2) is 0 Å².